The van der Waals surface area contributed by atoms with E-state index in [-0.39, 0.29) is 16.7 Å². The fraction of sp³-hybridized carbons (Fsp3) is 0.429. The molecule has 1 aliphatic rings. The molecule has 1 unspecified atom stereocenters. The van der Waals surface area contributed by atoms with Crippen LogP contribution in [0.4, 0.5) is 10.2 Å². The third-order valence-electron chi connectivity index (χ3n) is 3.63. The summed E-state index contributed by atoms with van der Waals surface area (Å²) in [6.07, 6.45) is 1.91. The van der Waals surface area contributed by atoms with Crippen LogP contribution in [0.2, 0.25) is 5.15 Å². The van der Waals surface area contributed by atoms with E-state index < -0.39 is 5.82 Å². The highest BCUT2D eigenvalue weighted by Gasteiger charge is 2.23. The topological polar surface area (TPSA) is 77.7 Å². The Morgan fingerprint density at radius 3 is 3.14 bits per heavy atom. The SMILES string of the molecule is Cc1nc(N2CCNC(CC#N)C2)c2cnc(Cl)c(F)c2n1. The molecular formula is C14H14ClFN6. The predicted molar refractivity (Wildman–Crippen MR) is 81.3 cm³/mol. The molecule has 1 aliphatic heterocycles. The van der Waals surface area contributed by atoms with Crippen molar-refractivity contribution in [3.63, 3.8) is 0 Å². The van der Waals surface area contributed by atoms with Crippen molar-refractivity contribution in [2.24, 2.45) is 0 Å². The first kappa shape index (κ1) is 14.9. The van der Waals surface area contributed by atoms with Crippen LogP contribution in [0.1, 0.15) is 12.2 Å². The van der Waals surface area contributed by atoms with Crippen LogP contribution in [-0.2, 0) is 0 Å². The Labute approximate surface area is 131 Å². The van der Waals surface area contributed by atoms with Crippen LogP contribution in [0, 0.1) is 24.1 Å². The van der Waals surface area contributed by atoms with E-state index in [1.165, 1.54) is 6.20 Å². The molecule has 2 aromatic rings. The molecule has 3 heterocycles. The Balaban J connectivity index is 2.07. The smallest absolute Gasteiger partial charge is 0.186 e. The van der Waals surface area contributed by atoms with Crippen LogP contribution in [0.25, 0.3) is 10.9 Å². The average Bonchev–Trinajstić information content (AvgIpc) is 2.51. The number of aryl methyl sites for hydroxylation is 1. The molecule has 1 atom stereocenters. The van der Waals surface area contributed by atoms with Gasteiger partial charge in [0, 0.05) is 31.9 Å². The van der Waals surface area contributed by atoms with Gasteiger partial charge < -0.3 is 10.2 Å². The van der Waals surface area contributed by atoms with Gasteiger partial charge in [-0.15, -0.1) is 0 Å². The summed E-state index contributed by atoms with van der Waals surface area (Å²) in [7, 11) is 0. The largest absolute Gasteiger partial charge is 0.353 e. The monoisotopic (exact) mass is 320 g/mol. The Bertz CT molecular complexity index is 759. The number of rotatable bonds is 2. The Hall–Kier alpha value is -2.04. The summed E-state index contributed by atoms with van der Waals surface area (Å²) in [6.45, 7) is 3.80. The number of nitrogens with zero attached hydrogens (tertiary/aromatic N) is 5. The zero-order valence-electron chi connectivity index (χ0n) is 12.0. The van der Waals surface area contributed by atoms with Gasteiger partial charge in [0.1, 0.15) is 17.2 Å². The van der Waals surface area contributed by atoms with Crippen LogP contribution >= 0.6 is 11.6 Å². The molecule has 1 saturated heterocycles. The number of fused-ring (bicyclic) bond motifs is 1. The van der Waals surface area contributed by atoms with Gasteiger partial charge in [-0.1, -0.05) is 11.6 Å². The minimum Gasteiger partial charge on any atom is -0.353 e. The van der Waals surface area contributed by atoms with E-state index in [0.717, 1.165) is 13.1 Å². The molecule has 3 rings (SSSR count). The zero-order chi connectivity index (χ0) is 15.7. The lowest BCUT2D eigenvalue weighted by molar-refractivity contribution is 0.461. The number of piperazine rings is 1. The third-order valence-corrected chi connectivity index (χ3v) is 3.89. The number of anilines is 1. The van der Waals surface area contributed by atoms with E-state index in [9.17, 15) is 4.39 Å². The predicted octanol–water partition coefficient (Wildman–Crippen LogP) is 1.82. The van der Waals surface area contributed by atoms with Gasteiger partial charge in [-0.3, -0.25) is 0 Å². The maximum absolute atomic E-state index is 14.2. The van der Waals surface area contributed by atoms with Crippen molar-refractivity contribution >= 4 is 28.3 Å². The molecule has 0 saturated carbocycles. The van der Waals surface area contributed by atoms with Crippen molar-refractivity contribution < 1.29 is 4.39 Å². The van der Waals surface area contributed by atoms with E-state index in [1.54, 1.807) is 6.92 Å². The Kier molecular flexibility index (Phi) is 4.05. The van der Waals surface area contributed by atoms with Crippen LogP contribution in [0.5, 0.6) is 0 Å². The van der Waals surface area contributed by atoms with Gasteiger partial charge in [0.05, 0.1) is 17.9 Å². The maximum Gasteiger partial charge on any atom is 0.186 e. The van der Waals surface area contributed by atoms with Crippen molar-refractivity contribution in [2.45, 2.75) is 19.4 Å². The number of pyridine rings is 1. The van der Waals surface area contributed by atoms with E-state index >= 15 is 0 Å². The summed E-state index contributed by atoms with van der Waals surface area (Å²) >= 11 is 5.74. The quantitative estimate of drug-likeness (QED) is 0.850. The standard InChI is InChI=1S/C14H14ClFN6/c1-8-20-12-10(6-19-13(15)11(12)16)14(21-8)22-5-4-18-9(7-22)2-3-17/h6,9,18H,2,4-5,7H2,1H3. The molecule has 1 N–H and O–H groups in total. The lowest BCUT2D eigenvalue weighted by atomic mass is 10.1. The third kappa shape index (κ3) is 2.67. The number of aromatic nitrogens is 3. The molecule has 0 radical (unpaired) electrons. The number of hydrogen-bond donors (Lipinski definition) is 1. The molecule has 1 fully saturated rings. The van der Waals surface area contributed by atoms with Crippen LogP contribution < -0.4 is 10.2 Å². The summed E-state index contributed by atoms with van der Waals surface area (Å²) in [5, 5.41) is 12.5. The van der Waals surface area contributed by atoms with E-state index in [0.29, 0.717) is 30.0 Å². The molecule has 0 amide bonds. The summed E-state index contributed by atoms with van der Waals surface area (Å²) in [5.74, 6) is 0.476. The fourth-order valence-corrected chi connectivity index (χ4v) is 2.77. The molecule has 0 aromatic carbocycles. The van der Waals surface area contributed by atoms with Crippen LogP contribution in [0.3, 0.4) is 0 Å². The van der Waals surface area contributed by atoms with Crippen molar-refractivity contribution in [2.75, 3.05) is 24.5 Å². The summed E-state index contributed by atoms with van der Waals surface area (Å²) < 4.78 is 14.2. The summed E-state index contributed by atoms with van der Waals surface area (Å²) in [6, 6.07) is 2.23. The van der Waals surface area contributed by atoms with Crippen molar-refractivity contribution in [3.05, 3.63) is 23.0 Å². The molecule has 0 spiro atoms. The lowest BCUT2D eigenvalue weighted by Crippen LogP contribution is -2.51. The van der Waals surface area contributed by atoms with E-state index in [4.69, 9.17) is 16.9 Å². The number of halogens is 2. The fourth-order valence-electron chi connectivity index (χ4n) is 2.63. The molecule has 6 nitrogen and oxygen atoms in total. The normalized spacial score (nSPS) is 18.5. The van der Waals surface area contributed by atoms with Gasteiger partial charge >= 0.3 is 0 Å². The zero-order valence-corrected chi connectivity index (χ0v) is 12.7. The average molecular weight is 321 g/mol. The van der Waals surface area contributed by atoms with Gasteiger partial charge in [-0.2, -0.15) is 5.26 Å². The molecule has 2 aromatic heterocycles. The highest BCUT2D eigenvalue weighted by molar-refractivity contribution is 6.30. The van der Waals surface area contributed by atoms with Gasteiger partial charge in [0.2, 0.25) is 0 Å². The van der Waals surface area contributed by atoms with Gasteiger partial charge in [0.25, 0.3) is 0 Å². The lowest BCUT2D eigenvalue weighted by Gasteiger charge is -2.34. The van der Waals surface area contributed by atoms with Crippen LogP contribution in [-0.4, -0.2) is 40.6 Å². The molecule has 0 bridgehead atoms. The van der Waals surface area contributed by atoms with Crippen molar-refractivity contribution in [1.82, 2.24) is 20.3 Å². The minimum atomic E-state index is -0.630. The first-order valence-corrected chi connectivity index (χ1v) is 7.31. The second kappa shape index (κ2) is 5.99. The van der Waals surface area contributed by atoms with Crippen LogP contribution in [0.15, 0.2) is 6.20 Å². The first-order valence-electron chi connectivity index (χ1n) is 6.93. The molecule has 114 valence electrons. The summed E-state index contributed by atoms with van der Waals surface area (Å²) in [4.78, 5) is 14.5. The van der Waals surface area contributed by atoms with Gasteiger partial charge in [0.15, 0.2) is 11.0 Å². The van der Waals surface area contributed by atoms with E-state index in [2.05, 4.69) is 26.3 Å². The second-order valence-corrected chi connectivity index (χ2v) is 5.54. The number of hydrogen-bond acceptors (Lipinski definition) is 6. The van der Waals surface area contributed by atoms with Crippen molar-refractivity contribution in [3.8, 4) is 6.07 Å². The molecule has 0 aliphatic carbocycles. The first-order chi connectivity index (χ1) is 10.6. The Morgan fingerprint density at radius 2 is 2.36 bits per heavy atom. The maximum atomic E-state index is 14.2. The van der Waals surface area contributed by atoms with E-state index in [1.807, 2.05) is 4.90 Å². The molecular weight excluding hydrogens is 307 g/mol. The minimum absolute atomic E-state index is 0.0641. The highest BCUT2D eigenvalue weighted by atomic mass is 35.5. The van der Waals surface area contributed by atoms with Crippen molar-refractivity contribution in [1.29, 1.82) is 5.26 Å². The Morgan fingerprint density at radius 1 is 1.55 bits per heavy atom. The second-order valence-electron chi connectivity index (χ2n) is 5.18. The number of nitrogens with one attached hydrogen (secondary N) is 1. The van der Waals surface area contributed by atoms with Gasteiger partial charge in [-0.25, -0.2) is 19.3 Å². The molecule has 8 heteroatoms. The number of nitriles is 1. The highest BCUT2D eigenvalue weighted by Crippen LogP contribution is 2.28. The summed E-state index contributed by atoms with van der Waals surface area (Å²) in [5.41, 5.74) is 0.179. The molecule has 22 heavy (non-hydrogen) atoms. The van der Waals surface area contributed by atoms with Gasteiger partial charge in [-0.05, 0) is 6.92 Å².